The number of azo groups is 1. The van der Waals surface area contributed by atoms with E-state index in [9.17, 15) is 0 Å². The third-order valence-electron chi connectivity index (χ3n) is 4.60. The third-order valence-corrected chi connectivity index (χ3v) is 4.60. The largest absolute Gasteiger partial charge is 0.481 e. The number of likely N-dealkylation sites (N-methyl/N-ethyl adjacent to an activating group) is 1. The highest BCUT2D eigenvalue weighted by Crippen LogP contribution is 2.23. The molecule has 1 N–H and O–H groups in total. The van der Waals surface area contributed by atoms with Gasteiger partial charge in [-0.1, -0.05) is 30.3 Å². The summed E-state index contributed by atoms with van der Waals surface area (Å²) in [5.41, 5.74) is 4.51. The zero-order valence-electron chi connectivity index (χ0n) is 17.6. The van der Waals surface area contributed by atoms with E-state index >= 15 is 0 Å². The van der Waals surface area contributed by atoms with Gasteiger partial charge >= 0.3 is 0 Å². The van der Waals surface area contributed by atoms with Gasteiger partial charge in [-0.15, -0.1) is 0 Å². The van der Waals surface area contributed by atoms with Gasteiger partial charge in [-0.05, 0) is 42.8 Å². The number of anilines is 1. The molecule has 1 atom stereocenters. The van der Waals surface area contributed by atoms with Crippen LogP contribution in [0.1, 0.15) is 19.4 Å². The van der Waals surface area contributed by atoms with Gasteiger partial charge in [-0.25, -0.2) is 0 Å². The Balaban J connectivity index is 0.000000687. The number of carbonyl (C=O) groups is 1. The summed E-state index contributed by atoms with van der Waals surface area (Å²) >= 11 is 0. The maximum Gasteiger partial charge on any atom is 0.300 e. The van der Waals surface area contributed by atoms with Crippen LogP contribution in [0.3, 0.4) is 0 Å². The molecule has 2 aromatic rings. The number of hydrazine groups is 1. The van der Waals surface area contributed by atoms with Crippen LogP contribution in [0.25, 0.3) is 0 Å². The van der Waals surface area contributed by atoms with Gasteiger partial charge in [0, 0.05) is 46.0 Å². The van der Waals surface area contributed by atoms with E-state index in [1.165, 1.54) is 11.3 Å². The minimum Gasteiger partial charge on any atom is -0.481 e. The molecule has 0 radical (unpaired) electrons. The zero-order valence-corrected chi connectivity index (χ0v) is 17.6. The molecule has 0 bridgehead atoms. The standard InChI is InChI=1S/C20H25N5.C2H4O2/c1-16-14-20(25(4)24(16)3)22-21-18-10-12-19(13-11-18)23(2)15-17-8-6-5-7-9-17;1-2(3)4/h5-14,20H,15H2,1-4H3;1H3,(H,3,4). The highest BCUT2D eigenvalue weighted by molar-refractivity contribution is 5.63. The third kappa shape index (κ3) is 6.73. The maximum atomic E-state index is 9.00. The molecular formula is C22H29N5O2. The molecular weight excluding hydrogens is 366 g/mol. The van der Waals surface area contributed by atoms with Crippen molar-refractivity contribution in [2.45, 2.75) is 26.6 Å². The van der Waals surface area contributed by atoms with Crippen LogP contribution in [0.5, 0.6) is 0 Å². The molecule has 7 heteroatoms. The lowest BCUT2D eigenvalue weighted by Gasteiger charge is -2.25. The first-order valence-corrected chi connectivity index (χ1v) is 9.38. The van der Waals surface area contributed by atoms with Gasteiger partial charge in [0.05, 0.1) is 5.69 Å². The highest BCUT2D eigenvalue weighted by atomic mass is 16.4. The second-order valence-corrected chi connectivity index (χ2v) is 6.91. The fourth-order valence-electron chi connectivity index (χ4n) is 2.81. The number of rotatable bonds is 5. The van der Waals surface area contributed by atoms with E-state index in [1.807, 2.05) is 32.3 Å². The predicted molar refractivity (Wildman–Crippen MR) is 116 cm³/mol. The Morgan fingerprint density at radius 1 is 1.10 bits per heavy atom. The van der Waals surface area contributed by atoms with Gasteiger partial charge in [-0.3, -0.25) is 4.79 Å². The van der Waals surface area contributed by atoms with Crippen molar-refractivity contribution in [2.24, 2.45) is 10.2 Å². The van der Waals surface area contributed by atoms with Gasteiger partial charge < -0.3 is 15.0 Å². The molecule has 1 heterocycles. The van der Waals surface area contributed by atoms with Crippen LogP contribution in [0.2, 0.25) is 0 Å². The molecule has 0 fully saturated rings. The van der Waals surface area contributed by atoms with E-state index in [1.54, 1.807) is 0 Å². The predicted octanol–water partition coefficient (Wildman–Crippen LogP) is 4.52. The van der Waals surface area contributed by atoms with Crippen molar-refractivity contribution in [3.63, 3.8) is 0 Å². The lowest BCUT2D eigenvalue weighted by atomic mass is 10.2. The molecule has 154 valence electrons. The van der Waals surface area contributed by atoms with Crippen molar-refractivity contribution in [3.8, 4) is 0 Å². The smallest absolute Gasteiger partial charge is 0.300 e. The van der Waals surface area contributed by atoms with Crippen LogP contribution in [0.15, 0.2) is 76.6 Å². The summed E-state index contributed by atoms with van der Waals surface area (Å²) in [5.74, 6) is -0.833. The average Bonchev–Trinajstić information content (AvgIpc) is 2.94. The van der Waals surface area contributed by atoms with Crippen molar-refractivity contribution in [1.82, 2.24) is 10.0 Å². The van der Waals surface area contributed by atoms with Crippen molar-refractivity contribution >= 4 is 17.3 Å². The molecule has 0 amide bonds. The molecule has 2 aromatic carbocycles. The van der Waals surface area contributed by atoms with Gasteiger partial charge in [0.2, 0.25) is 0 Å². The normalized spacial score (nSPS) is 16.4. The second-order valence-electron chi connectivity index (χ2n) is 6.91. The quantitative estimate of drug-likeness (QED) is 0.754. The second kappa shape index (κ2) is 10.4. The SMILES string of the molecule is CC(=O)O.CC1=CC(N=Nc2ccc(N(C)Cc3ccccc3)cc2)N(C)N1C. The lowest BCUT2D eigenvalue weighted by Crippen LogP contribution is -2.34. The average molecular weight is 396 g/mol. The van der Waals surface area contributed by atoms with Crippen LogP contribution < -0.4 is 4.90 Å². The number of hydrogen-bond acceptors (Lipinski definition) is 6. The summed E-state index contributed by atoms with van der Waals surface area (Å²) in [7, 11) is 6.14. The number of allylic oxidation sites excluding steroid dienone is 1. The molecule has 1 aliphatic heterocycles. The van der Waals surface area contributed by atoms with Crippen LogP contribution in [0, 0.1) is 0 Å². The molecule has 29 heavy (non-hydrogen) atoms. The first kappa shape index (κ1) is 22.1. The number of aliphatic carboxylic acids is 1. The number of nitrogens with zero attached hydrogens (tertiary/aromatic N) is 5. The first-order valence-electron chi connectivity index (χ1n) is 9.38. The van der Waals surface area contributed by atoms with E-state index in [0.29, 0.717) is 0 Å². The van der Waals surface area contributed by atoms with E-state index in [2.05, 4.69) is 81.6 Å². The van der Waals surface area contributed by atoms with Crippen LogP contribution in [0.4, 0.5) is 11.4 Å². The maximum absolute atomic E-state index is 9.00. The molecule has 0 spiro atoms. The molecule has 0 saturated carbocycles. The first-order chi connectivity index (χ1) is 13.8. The number of carboxylic acids is 1. The molecule has 1 aliphatic rings. The van der Waals surface area contributed by atoms with Crippen molar-refractivity contribution in [3.05, 3.63) is 71.9 Å². The van der Waals surface area contributed by atoms with E-state index in [4.69, 9.17) is 9.90 Å². The van der Waals surface area contributed by atoms with E-state index in [-0.39, 0.29) is 6.17 Å². The summed E-state index contributed by atoms with van der Waals surface area (Å²) in [4.78, 5) is 11.2. The molecule has 0 aliphatic carbocycles. The van der Waals surface area contributed by atoms with Gasteiger partial charge in [0.1, 0.15) is 0 Å². The number of benzene rings is 2. The van der Waals surface area contributed by atoms with Gasteiger partial charge in [0.15, 0.2) is 6.17 Å². The van der Waals surface area contributed by atoms with Crippen molar-refractivity contribution < 1.29 is 9.90 Å². The highest BCUT2D eigenvalue weighted by Gasteiger charge is 2.23. The molecule has 0 aromatic heterocycles. The Labute approximate surface area is 172 Å². The zero-order chi connectivity index (χ0) is 21.4. The Kier molecular flexibility index (Phi) is 7.91. The van der Waals surface area contributed by atoms with Gasteiger partial charge in [-0.2, -0.15) is 15.2 Å². The molecule has 7 nitrogen and oxygen atoms in total. The van der Waals surface area contributed by atoms with Crippen molar-refractivity contribution in [1.29, 1.82) is 0 Å². The lowest BCUT2D eigenvalue weighted by molar-refractivity contribution is -0.134. The Hall–Kier alpha value is -3.19. The van der Waals surface area contributed by atoms with Crippen molar-refractivity contribution in [2.75, 3.05) is 26.0 Å². The summed E-state index contributed by atoms with van der Waals surface area (Å²) in [5, 5.41) is 20.4. The Bertz CT molecular complexity index is 845. The number of hydrogen-bond donors (Lipinski definition) is 1. The summed E-state index contributed by atoms with van der Waals surface area (Å²) in [6, 6.07) is 18.7. The summed E-state index contributed by atoms with van der Waals surface area (Å²) < 4.78 is 0. The van der Waals surface area contributed by atoms with E-state index < -0.39 is 5.97 Å². The topological polar surface area (TPSA) is 71.7 Å². The van der Waals surface area contributed by atoms with Crippen LogP contribution in [-0.2, 0) is 11.3 Å². The van der Waals surface area contributed by atoms with Crippen LogP contribution in [-0.4, -0.2) is 48.4 Å². The molecule has 1 unspecified atom stereocenters. The molecule has 0 saturated heterocycles. The minimum absolute atomic E-state index is 0.0366. The Morgan fingerprint density at radius 3 is 2.21 bits per heavy atom. The van der Waals surface area contributed by atoms with Crippen LogP contribution >= 0.6 is 0 Å². The summed E-state index contributed by atoms with van der Waals surface area (Å²) in [6.07, 6.45) is 2.07. The fourth-order valence-corrected chi connectivity index (χ4v) is 2.81. The minimum atomic E-state index is -0.833. The number of carboxylic acid groups (broad SMARTS) is 1. The fraction of sp³-hybridized carbons (Fsp3) is 0.318. The monoisotopic (exact) mass is 395 g/mol. The van der Waals surface area contributed by atoms with Gasteiger partial charge in [0.25, 0.3) is 5.97 Å². The molecule has 3 rings (SSSR count). The van der Waals surface area contributed by atoms with E-state index in [0.717, 1.165) is 24.8 Å². The Morgan fingerprint density at radius 2 is 1.69 bits per heavy atom. The summed E-state index contributed by atoms with van der Waals surface area (Å²) in [6.45, 7) is 4.04.